The van der Waals surface area contributed by atoms with Crippen LogP contribution >= 0.6 is 0 Å². The maximum absolute atomic E-state index is 12.9. The molecule has 168 valence electrons. The van der Waals surface area contributed by atoms with Gasteiger partial charge in [0.1, 0.15) is 0 Å². The quantitative estimate of drug-likeness (QED) is 0.544. The molecule has 1 heterocycles. The van der Waals surface area contributed by atoms with Crippen molar-refractivity contribution in [1.82, 2.24) is 0 Å². The van der Waals surface area contributed by atoms with Gasteiger partial charge >= 0.3 is 12.0 Å². The van der Waals surface area contributed by atoms with Crippen LogP contribution in [0.4, 0.5) is 21.9 Å². The van der Waals surface area contributed by atoms with Gasteiger partial charge in [-0.05, 0) is 60.9 Å². The molecule has 7 heteroatoms. The number of carbonyl (C=O) groups excluding carboxylic acids is 3. The molecule has 1 aliphatic heterocycles. The van der Waals surface area contributed by atoms with Crippen LogP contribution in [0.2, 0.25) is 0 Å². The third-order valence-corrected chi connectivity index (χ3v) is 5.37. The van der Waals surface area contributed by atoms with Crippen LogP contribution in [0.15, 0.2) is 72.8 Å². The molecule has 0 radical (unpaired) electrons. The van der Waals surface area contributed by atoms with Crippen LogP contribution in [0, 0.1) is 0 Å². The van der Waals surface area contributed by atoms with Crippen molar-refractivity contribution in [1.29, 1.82) is 0 Å². The van der Waals surface area contributed by atoms with Gasteiger partial charge < -0.3 is 20.3 Å². The zero-order valence-electron chi connectivity index (χ0n) is 18.3. The lowest BCUT2D eigenvalue weighted by atomic mass is 10.1. The Hall–Kier alpha value is -4.13. The van der Waals surface area contributed by atoms with Crippen molar-refractivity contribution in [3.05, 3.63) is 89.5 Å². The lowest BCUT2D eigenvalue weighted by Crippen LogP contribution is -2.29. The van der Waals surface area contributed by atoms with Crippen molar-refractivity contribution in [2.24, 2.45) is 0 Å². The number of hydrogen-bond donors (Lipinski definition) is 2. The summed E-state index contributed by atoms with van der Waals surface area (Å²) < 4.78 is 4.94. The first-order valence-electron chi connectivity index (χ1n) is 10.9. The Bertz CT molecular complexity index is 1160. The fourth-order valence-corrected chi connectivity index (χ4v) is 3.78. The van der Waals surface area contributed by atoms with Crippen molar-refractivity contribution in [2.45, 2.75) is 19.8 Å². The first-order valence-corrected chi connectivity index (χ1v) is 10.9. The minimum absolute atomic E-state index is 0.0566. The minimum Gasteiger partial charge on any atom is -0.466 e. The van der Waals surface area contributed by atoms with Crippen molar-refractivity contribution in [3.63, 3.8) is 0 Å². The van der Waals surface area contributed by atoms with E-state index in [1.165, 1.54) is 0 Å². The van der Waals surface area contributed by atoms with Crippen LogP contribution in [-0.2, 0) is 22.4 Å². The summed E-state index contributed by atoms with van der Waals surface area (Å²) in [6.07, 6.45) is 0.964. The average molecular weight is 444 g/mol. The van der Waals surface area contributed by atoms with E-state index in [4.69, 9.17) is 4.74 Å². The molecular formula is C26H25N3O4. The molecule has 0 atom stereocenters. The molecule has 3 aromatic rings. The summed E-state index contributed by atoms with van der Waals surface area (Å²) in [5.74, 6) is -0.341. The number of fused-ring (bicyclic) bond motifs is 1. The molecule has 3 amide bonds. The van der Waals surface area contributed by atoms with Crippen molar-refractivity contribution in [3.8, 4) is 0 Å². The molecule has 0 saturated carbocycles. The molecule has 2 N–H and O–H groups in total. The molecule has 0 aromatic heterocycles. The number of urea groups is 1. The van der Waals surface area contributed by atoms with Crippen LogP contribution in [0.1, 0.15) is 28.4 Å². The van der Waals surface area contributed by atoms with Crippen LogP contribution < -0.4 is 15.5 Å². The van der Waals surface area contributed by atoms with Gasteiger partial charge in [0.25, 0.3) is 5.91 Å². The topological polar surface area (TPSA) is 87.7 Å². The van der Waals surface area contributed by atoms with Crippen molar-refractivity contribution in [2.75, 3.05) is 28.7 Å². The number of benzene rings is 3. The Labute approximate surface area is 192 Å². The number of carbonyl (C=O) groups is 3. The predicted octanol–water partition coefficient (Wildman–Crippen LogP) is 4.64. The highest BCUT2D eigenvalue weighted by Gasteiger charge is 2.26. The highest BCUT2D eigenvalue weighted by atomic mass is 16.5. The van der Waals surface area contributed by atoms with E-state index in [-0.39, 0.29) is 18.3 Å². The van der Waals surface area contributed by atoms with Gasteiger partial charge in [-0.1, -0.05) is 36.4 Å². The Balaban J connectivity index is 1.39. The maximum Gasteiger partial charge on any atom is 0.323 e. The molecule has 7 nitrogen and oxygen atoms in total. The second kappa shape index (κ2) is 9.99. The second-order valence-electron chi connectivity index (χ2n) is 7.67. The van der Waals surface area contributed by atoms with E-state index in [1.807, 2.05) is 36.4 Å². The third-order valence-electron chi connectivity index (χ3n) is 5.37. The molecule has 0 saturated heterocycles. The Kier molecular flexibility index (Phi) is 6.69. The van der Waals surface area contributed by atoms with Gasteiger partial charge in [0.05, 0.1) is 13.0 Å². The molecule has 4 rings (SSSR count). The van der Waals surface area contributed by atoms with Crippen LogP contribution in [-0.4, -0.2) is 31.1 Å². The summed E-state index contributed by atoms with van der Waals surface area (Å²) in [6.45, 7) is 2.72. The number of amides is 3. The number of nitrogens with zero attached hydrogens (tertiary/aromatic N) is 1. The summed E-state index contributed by atoms with van der Waals surface area (Å²) >= 11 is 0. The average Bonchev–Trinajstić information content (AvgIpc) is 3.24. The molecule has 0 aliphatic carbocycles. The molecule has 0 fully saturated rings. The number of anilines is 3. The molecule has 1 aliphatic rings. The highest BCUT2D eigenvalue weighted by molar-refractivity contribution is 6.08. The van der Waals surface area contributed by atoms with E-state index >= 15 is 0 Å². The number of ether oxygens (including phenoxy) is 1. The van der Waals surface area contributed by atoms with Gasteiger partial charge in [0.2, 0.25) is 0 Å². The minimum atomic E-state index is -0.396. The highest BCUT2D eigenvalue weighted by Crippen LogP contribution is 2.32. The van der Waals surface area contributed by atoms with E-state index in [2.05, 4.69) is 10.6 Å². The summed E-state index contributed by atoms with van der Waals surface area (Å²) in [7, 11) is 0. The van der Waals surface area contributed by atoms with Gasteiger partial charge in [0.15, 0.2) is 0 Å². The number of esters is 1. The zero-order chi connectivity index (χ0) is 23.2. The van der Waals surface area contributed by atoms with Gasteiger partial charge in [0, 0.05) is 29.2 Å². The normalized spacial score (nSPS) is 12.1. The van der Waals surface area contributed by atoms with Gasteiger partial charge in [-0.3, -0.25) is 9.59 Å². The molecule has 33 heavy (non-hydrogen) atoms. The second-order valence-corrected chi connectivity index (χ2v) is 7.67. The van der Waals surface area contributed by atoms with Gasteiger partial charge in [-0.25, -0.2) is 4.79 Å². The van der Waals surface area contributed by atoms with Crippen molar-refractivity contribution < 1.29 is 19.1 Å². The monoisotopic (exact) mass is 443 g/mol. The van der Waals surface area contributed by atoms with E-state index < -0.39 is 6.03 Å². The fraction of sp³-hybridized carbons (Fsp3) is 0.192. The van der Waals surface area contributed by atoms with Crippen LogP contribution in [0.5, 0.6) is 0 Å². The van der Waals surface area contributed by atoms with Gasteiger partial charge in [-0.2, -0.15) is 0 Å². The summed E-state index contributed by atoms with van der Waals surface area (Å²) in [6, 6.07) is 21.4. The van der Waals surface area contributed by atoms with Crippen LogP contribution in [0.3, 0.4) is 0 Å². The molecule has 0 spiro atoms. The van der Waals surface area contributed by atoms with E-state index in [9.17, 15) is 14.4 Å². The third kappa shape index (κ3) is 5.38. The SMILES string of the molecule is CCOC(=O)Cc1ccc(NC(=O)Nc2ccc3c(c2)N(C(=O)c2ccccc2)CC3)cc1. The smallest absolute Gasteiger partial charge is 0.323 e. The summed E-state index contributed by atoms with van der Waals surface area (Å²) in [5, 5.41) is 5.60. The molecule has 3 aromatic carbocycles. The van der Waals surface area contributed by atoms with Crippen molar-refractivity contribution >= 4 is 35.0 Å². The predicted molar refractivity (Wildman–Crippen MR) is 128 cm³/mol. The molecular weight excluding hydrogens is 418 g/mol. The maximum atomic E-state index is 12.9. The summed E-state index contributed by atoms with van der Waals surface area (Å²) in [4.78, 5) is 38.7. The molecule has 0 bridgehead atoms. The van der Waals surface area contributed by atoms with E-state index in [0.29, 0.717) is 30.1 Å². The Morgan fingerprint density at radius 1 is 0.909 bits per heavy atom. The van der Waals surface area contributed by atoms with E-state index in [1.54, 1.807) is 48.2 Å². The Morgan fingerprint density at radius 2 is 1.61 bits per heavy atom. The van der Waals surface area contributed by atoms with Gasteiger partial charge in [-0.15, -0.1) is 0 Å². The fourth-order valence-electron chi connectivity index (χ4n) is 3.78. The first-order chi connectivity index (χ1) is 16.0. The number of hydrogen-bond acceptors (Lipinski definition) is 4. The lowest BCUT2D eigenvalue weighted by Gasteiger charge is -2.18. The molecule has 0 unspecified atom stereocenters. The zero-order valence-corrected chi connectivity index (χ0v) is 18.3. The lowest BCUT2D eigenvalue weighted by molar-refractivity contribution is -0.142. The number of rotatable bonds is 6. The number of nitrogens with one attached hydrogen (secondary N) is 2. The summed E-state index contributed by atoms with van der Waals surface area (Å²) in [5.41, 5.74) is 4.52. The largest absolute Gasteiger partial charge is 0.466 e. The van der Waals surface area contributed by atoms with Crippen LogP contribution in [0.25, 0.3) is 0 Å². The van der Waals surface area contributed by atoms with E-state index in [0.717, 1.165) is 23.2 Å². The first kappa shape index (κ1) is 22.1. The Morgan fingerprint density at radius 3 is 2.33 bits per heavy atom. The standard InChI is InChI=1S/C26H25N3O4/c1-2-33-24(30)16-18-8-11-21(12-9-18)27-26(32)28-22-13-10-19-14-15-29(23(19)17-22)25(31)20-6-4-3-5-7-20/h3-13,17H,2,14-16H2,1H3,(H2,27,28,32).